The van der Waals surface area contributed by atoms with E-state index in [4.69, 9.17) is 0 Å². The smallest absolute Gasteiger partial charge is 0.212 e. The van der Waals surface area contributed by atoms with Crippen LogP contribution in [0.5, 0.6) is 0 Å². The molecule has 4 rings (SSSR count). The number of hydrogen-bond acceptors (Lipinski definition) is 2. The summed E-state index contributed by atoms with van der Waals surface area (Å²) in [5.41, 5.74) is 3.30. The van der Waals surface area contributed by atoms with Gasteiger partial charge in [-0.05, 0) is 29.8 Å². The van der Waals surface area contributed by atoms with Gasteiger partial charge < -0.3 is 0 Å². The second-order valence-corrected chi connectivity index (χ2v) is 6.47. The Morgan fingerprint density at radius 3 is 2.45 bits per heavy atom. The van der Waals surface area contributed by atoms with Crippen LogP contribution in [0, 0.1) is 0 Å². The van der Waals surface area contributed by atoms with E-state index in [9.17, 15) is 4.79 Å². The molecule has 0 saturated heterocycles. The molecule has 0 aliphatic carbocycles. The van der Waals surface area contributed by atoms with E-state index in [0.29, 0.717) is 0 Å². The maximum atomic E-state index is 12.6. The Bertz CT molecular complexity index is 1010. The van der Waals surface area contributed by atoms with Crippen LogP contribution < -0.4 is 5.43 Å². The van der Waals surface area contributed by atoms with Crippen molar-refractivity contribution in [1.29, 1.82) is 0 Å². The maximum absolute atomic E-state index is 12.6. The molecule has 108 valence electrons. The highest BCUT2D eigenvalue weighted by Crippen LogP contribution is 2.28. The van der Waals surface area contributed by atoms with Crippen molar-refractivity contribution in [2.75, 3.05) is 0 Å². The molecule has 0 aliphatic rings. The fourth-order valence-electron chi connectivity index (χ4n) is 2.91. The molecule has 22 heavy (non-hydrogen) atoms. The topological polar surface area (TPSA) is 21.5 Å². The first-order chi connectivity index (χ1) is 10.8. The van der Waals surface area contributed by atoms with E-state index < -0.39 is 0 Å². The van der Waals surface area contributed by atoms with Crippen LogP contribution in [0.15, 0.2) is 71.5 Å². The molecule has 2 aromatic heterocycles. The van der Waals surface area contributed by atoms with Crippen LogP contribution in [0.1, 0.15) is 24.1 Å². The molecule has 0 radical (unpaired) electrons. The molecule has 0 N–H and O–H groups in total. The minimum Gasteiger partial charge on any atom is -0.287 e. The number of aromatic nitrogens is 1. The molecule has 0 saturated carbocycles. The molecule has 1 atom stereocenters. The monoisotopic (exact) mass is 305 g/mol. The van der Waals surface area contributed by atoms with E-state index in [0.717, 1.165) is 21.3 Å². The molecule has 0 aliphatic heterocycles. The van der Waals surface area contributed by atoms with E-state index in [1.165, 1.54) is 5.56 Å². The molecular weight excluding hydrogens is 290 g/mol. The van der Waals surface area contributed by atoms with Gasteiger partial charge in [0.1, 0.15) is 5.52 Å². The fraction of sp³-hybridized carbons (Fsp3) is 0.105. The summed E-state index contributed by atoms with van der Waals surface area (Å²) in [6.07, 6.45) is 0. The Balaban J connectivity index is 1.99. The minimum atomic E-state index is 0.112. The van der Waals surface area contributed by atoms with Crippen LogP contribution >= 0.6 is 11.5 Å². The summed E-state index contributed by atoms with van der Waals surface area (Å²) in [4.78, 5) is 12.6. The van der Waals surface area contributed by atoms with E-state index >= 15 is 0 Å². The van der Waals surface area contributed by atoms with Gasteiger partial charge in [0.25, 0.3) is 0 Å². The highest BCUT2D eigenvalue weighted by atomic mass is 32.1. The highest BCUT2D eigenvalue weighted by Gasteiger charge is 2.15. The predicted molar refractivity (Wildman–Crippen MR) is 93.0 cm³/mol. The Morgan fingerprint density at radius 1 is 0.909 bits per heavy atom. The first-order valence-electron chi connectivity index (χ1n) is 7.34. The van der Waals surface area contributed by atoms with E-state index in [1.807, 2.05) is 36.4 Å². The molecule has 0 bridgehead atoms. The SMILES string of the molecule is CC(c1ccccc1)c1ccc2c(=O)c3ccccc3sn12. The van der Waals surface area contributed by atoms with Crippen molar-refractivity contribution >= 4 is 27.1 Å². The molecule has 2 nitrogen and oxygen atoms in total. The number of hydrogen-bond donors (Lipinski definition) is 0. The largest absolute Gasteiger partial charge is 0.287 e. The summed E-state index contributed by atoms with van der Waals surface area (Å²) in [5.74, 6) is 0.250. The molecule has 4 aromatic rings. The van der Waals surface area contributed by atoms with Crippen LogP contribution in [0.3, 0.4) is 0 Å². The van der Waals surface area contributed by atoms with E-state index in [1.54, 1.807) is 11.5 Å². The first kappa shape index (κ1) is 13.3. The number of fused-ring (bicyclic) bond motifs is 2. The molecule has 0 fully saturated rings. The zero-order valence-electron chi connectivity index (χ0n) is 12.2. The van der Waals surface area contributed by atoms with Gasteiger partial charge in [0.05, 0.1) is 4.70 Å². The second kappa shape index (κ2) is 5.11. The van der Waals surface area contributed by atoms with Crippen LogP contribution in [0.25, 0.3) is 15.6 Å². The number of rotatable bonds is 2. The molecule has 0 amide bonds. The van der Waals surface area contributed by atoms with E-state index in [2.05, 4.69) is 41.0 Å². The predicted octanol–water partition coefficient (Wildman–Crippen LogP) is 4.67. The molecule has 1 unspecified atom stereocenters. The van der Waals surface area contributed by atoms with Crippen LogP contribution in [-0.4, -0.2) is 3.79 Å². The van der Waals surface area contributed by atoms with Crippen molar-refractivity contribution in [1.82, 2.24) is 3.79 Å². The van der Waals surface area contributed by atoms with Gasteiger partial charge in [0.2, 0.25) is 5.43 Å². The van der Waals surface area contributed by atoms with E-state index in [-0.39, 0.29) is 11.3 Å². The molecule has 2 heterocycles. The number of benzene rings is 2. The zero-order valence-corrected chi connectivity index (χ0v) is 13.0. The normalized spacial score (nSPS) is 12.8. The third kappa shape index (κ3) is 1.97. The Kier molecular flexibility index (Phi) is 3.09. The van der Waals surface area contributed by atoms with Gasteiger partial charge in [-0.2, -0.15) is 0 Å². The van der Waals surface area contributed by atoms with Gasteiger partial charge in [0, 0.05) is 17.0 Å². The fourth-order valence-corrected chi connectivity index (χ4v) is 4.07. The standard InChI is InChI=1S/C19H15NOS/c1-13(14-7-3-2-4-8-14)16-11-12-17-19(21)15-9-5-6-10-18(15)22-20(16)17/h2-13H,1H3. The van der Waals surface area contributed by atoms with Crippen molar-refractivity contribution in [3.8, 4) is 0 Å². The van der Waals surface area contributed by atoms with Gasteiger partial charge in [-0.25, -0.2) is 0 Å². The van der Waals surface area contributed by atoms with Crippen LogP contribution in [0.2, 0.25) is 0 Å². The van der Waals surface area contributed by atoms with Gasteiger partial charge in [0.15, 0.2) is 0 Å². The minimum absolute atomic E-state index is 0.112. The van der Waals surface area contributed by atoms with Crippen molar-refractivity contribution < 1.29 is 0 Å². The third-order valence-electron chi connectivity index (χ3n) is 4.16. The van der Waals surface area contributed by atoms with Crippen molar-refractivity contribution in [3.63, 3.8) is 0 Å². The average molecular weight is 305 g/mol. The summed E-state index contributed by atoms with van der Waals surface area (Å²) >= 11 is 1.64. The van der Waals surface area contributed by atoms with Crippen LogP contribution in [-0.2, 0) is 0 Å². The first-order valence-corrected chi connectivity index (χ1v) is 8.11. The lowest BCUT2D eigenvalue weighted by atomic mass is 9.98. The average Bonchev–Trinajstić information content (AvgIpc) is 2.99. The van der Waals surface area contributed by atoms with Crippen molar-refractivity contribution in [2.24, 2.45) is 0 Å². The lowest BCUT2D eigenvalue weighted by Gasteiger charge is -2.12. The number of nitrogens with zero attached hydrogens (tertiary/aromatic N) is 1. The summed E-state index contributed by atoms with van der Waals surface area (Å²) in [6.45, 7) is 2.18. The summed E-state index contributed by atoms with van der Waals surface area (Å²) in [6, 6.07) is 22.2. The zero-order chi connectivity index (χ0) is 15.1. The van der Waals surface area contributed by atoms with Crippen molar-refractivity contribution in [3.05, 3.63) is 88.2 Å². The van der Waals surface area contributed by atoms with Crippen molar-refractivity contribution in [2.45, 2.75) is 12.8 Å². The Labute approximate surface area is 132 Å². The van der Waals surface area contributed by atoms with Crippen LogP contribution in [0.4, 0.5) is 0 Å². The maximum Gasteiger partial charge on any atom is 0.212 e. The molecular formula is C19H15NOS. The quantitative estimate of drug-likeness (QED) is 0.527. The highest BCUT2D eigenvalue weighted by molar-refractivity contribution is 7.13. The van der Waals surface area contributed by atoms with Gasteiger partial charge in [-0.3, -0.25) is 8.58 Å². The van der Waals surface area contributed by atoms with Gasteiger partial charge in [-0.1, -0.05) is 60.9 Å². The second-order valence-electron chi connectivity index (χ2n) is 5.49. The molecule has 0 spiro atoms. The lowest BCUT2D eigenvalue weighted by molar-refractivity contribution is 0.877. The Morgan fingerprint density at radius 2 is 1.64 bits per heavy atom. The third-order valence-corrected chi connectivity index (χ3v) is 5.31. The summed E-state index contributed by atoms with van der Waals surface area (Å²) in [7, 11) is 0. The van der Waals surface area contributed by atoms with Gasteiger partial charge >= 0.3 is 0 Å². The molecule has 2 aromatic carbocycles. The lowest BCUT2D eigenvalue weighted by Crippen LogP contribution is -2.06. The van der Waals surface area contributed by atoms with Gasteiger partial charge in [-0.15, -0.1) is 0 Å². The summed E-state index contributed by atoms with van der Waals surface area (Å²) in [5, 5.41) is 0.803. The summed E-state index contributed by atoms with van der Waals surface area (Å²) < 4.78 is 3.11. The Hall–Kier alpha value is -2.39. The molecule has 3 heteroatoms.